The molecular weight excluding hydrogens is 224 g/mol. The number of unbranched alkanes of at least 4 members (excludes halogenated alkanes) is 1. The van der Waals surface area contributed by atoms with E-state index in [4.69, 9.17) is 0 Å². The van der Waals surface area contributed by atoms with E-state index in [9.17, 15) is 4.79 Å². The molecule has 0 aromatic heterocycles. The average Bonchev–Trinajstić information content (AvgIpc) is 2.43. The quantitative estimate of drug-likeness (QED) is 0.757. The van der Waals surface area contributed by atoms with Crippen molar-refractivity contribution in [3.05, 3.63) is 0 Å². The number of nitrogens with zero attached hydrogens (tertiary/aromatic N) is 1. The first-order valence-electron chi connectivity index (χ1n) is 7.66. The fourth-order valence-electron chi connectivity index (χ4n) is 2.76. The van der Waals surface area contributed by atoms with Crippen molar-refractivity contribution in [3.63, 3.8) is 0 Å². The molecule has 3 nitrogen and oxygen atoms in total. The van der Waals surface area contributed by atoms with Crippen molar-refractivity contribution in [2.24, 2.45) is 5.92 Å². The molecule has 1 fully saturated rings. The Kier molecular flexibility index (Phi) is 7.33. The second-order valence-corrected chi connectivity index (χ2v) is 5.59. The summed E-state index contributed by atoms with van der Waals surface area (Å²) < 4.78 is 0. The molecule has 1 amide bonds. The van der Waals surface area contributed by atoms with Crippen molar-refractivity contribution < 1.29 is 4.79 Å². The van der Waals surface area contributed by atoms with Gasteiger partial charge in [-0.05, 0) is 32.2 Å². The molecular formula is C15H30N2O. The molecule has 0 bridgehead atoms. The van der Waals surface area contributed by atoms with Gasteiger partial charge in [0.1, 0.15) is 0 Å². The number of likely N-dealkylation sites (tertiary alicyclic amines) is 1. The molecule has 1 rings (SSSR count). The highest BCUT2D eigenvalue weighted by Gasteiger charge is 2.23. The zero-order chi connectivity index (χ0) is 13.4. The summed E-state index contributed by atoms with van der Waals surface area (Å²) in [6.07, 6.45) is 7.93. The van der Waals surface area contributed by atoms with Crippen molar-refractivity contribution in [2.75, 3.05) is 20.1 Å². The van der Waals surface area contributed by atoms with Gasteiger partial charge >= 0.3 is 0 Å². The maximum Gasteiger partial charge on any atom is 0.222 e. The molecule has 2 atom stereocenters. The first-order chi connectivity index (χ1) is 8.71. The molecule has 0 aromatic carbocycles. The zero-order valence-corrected chi connectivity index (χ0v) is 12.4. The van der Waals surface area contributed by atoms with E-state index in [0.717, 1.165) is 32.4 Å². The van der Waals surface area contributed by atoms with Crippen LogP contribution < -0.4 is 5.32 Å². The lowest BCUT2D eigenvalue weighted by Crippen LogP contribution is -2.47. The van der Waals surface area contributed by atoms with Crippen molar-refractivity contribution in [2.45, 2.75) is 64.8 Å². The van der Waals surface area contributed by atoms with Crippen LogP contribution in [0.15, 0.2) is 0 Å². The Bertz CT molecular complexity index is 243. The van der Waals surface area contributed by atoms with E-state index in [1.165, 1.54) is 25.7 Å². The molecule has 3 heteroatoms. The lowest BCUT2D eigenvalue weighted by Gasteiger charge is -2.33. The van der Waals surface area contributed by atoms with Gasteiger partial charge in [-0.1, -0.05) is 33.1 Å². The Labute approximate surface area is 112 Å². The molecule has 18 heavy (non-hydrogen) atoms. The predicted molar refractivity (Wildman–Crippen MR) is 76.6 cm³/mol. The summed E-state index contributed by atoms with van der Waals surface area (Å²) in [5, 5.41) is 3.30. The maximum atomic E-state index is 12.3. The molecule has 0 aromatic rings. The third-order valence-corrected chi connectivity index (χ3v) is 4.19. The van der Waals surface area contributed by atoms with Crippen LogP contribution in [0.3, 0.4) is 0 Å². The summed E-state index contributed by atoms with van der Waals surface area (Å²) in [5.41, 5.74) is 0. The van der Waals surface area contributed by atoms with E-state index < -0.39 is 0 Å². The van der Waals surface area contributed by atoms with Gasteiger partial charge in [0.25, 0.3) is 0 Å². The van der Waals surface area contributed by atoms with Crippen LogP contribution in [0, 0.1) is 5.92 Å². The average molecular weight is 254 g/mol. The number of nitrogens with one attached hydrogen (secondary N) is 1. The molecule has 0 radical (unpaired) electrons. The van der Waals surface area contributed by atoms with E-state index in [1.54, 1.807) is 0 Å². The minimum Gasteiger partial charge on any atom is -0.341 e. The Morgan fingerprint density at radius 1 is 1.44 bits per heavy atom. The van der Waals surface area contributed by atoms with Gasteiger partial charge in [-0.25, -0.2) is 0 Å². The summed E-state index contributed by atoms with van der Waals surface area (Å²) in [5.74, 6) is 0.963. The third kappa shape index (κ3) is 4.97. The van der Waals surface area contributed by atoms with Gasteiger partial charge in [0, 0.05) is 25.6 Å². The van der Waals surface area contributed by atoms with Crippen molar-refractivity contribution >= 4 is 5.91 Å². The van der Waals surface area contributed by atoms with Gasteiger partial charge in [-0.15, -0.1) is 0 Å². The molecule has 1 aliphatic heterocycles. The second-order valence-electron chi connectivity index (χ2n) is 5.59. The van der Waals surface area contributed by atoms with Crippen molar-refractivity contribution in [3.8, 4) is 0 Å². The minimum absolute atomic E-state index is 0.373. The van der Waals surface area contributed by atoms with Crippen LogP contribution in [-0.4, -0.2) is 37.0 Å². The Balaban J connectivity index is 2.38. The highest BCUT2D eigenvalue weighted by atomic mass is 16.2. The van der Waals surface area contributed by atoms with Crippen LogP contribution in [0.4, 0.5) is 0 Å². The summed E-state index contributed by atoms with van der Waals surface area (Å²) >= 11 is 0. The highest BCUT2D eigenvalue weighted by Crippen LogP contribution is 2.19. The molecule has 1 aliphatic rings. The predicted octanol–water partition coefficient (Wildman–Crippen LogP) is 2.80. The van der Waals surface area contributed by atoms with E-state index in [-0.39, 0.29) is 0 Å². The largest absolute Gasteiger partial charge is 0.341 e. The van der Waals surface area contributed by atoms with Gasteiger partial charge < -0.3 is 10.2 Å². The van der Waals surface area contributed by atoms with Crippen LogP contribution in [0.1, 0.15) is 58.8 Å². The van der Waals surface area contributed by atoms with Crippen molar-refractivity contribution in [1.82, 2.24) is 10.2 Å². The standard InChI is InChI=1S/C15H30N2O/c1-4-6-8-13(5-2)11-15(18)17-10-7-9-14(12-17)16-3/h13-14,16H,4-12H2,1-3H3. The zero-order valence-electron chi connectivity index (χ0n) is 12.4. The Hall–Kier alpha value is -0.570. The number of hydrogen-bond donors (Lipinski definition) is 1. The summed E-state index contributed by atoms with van der Waals surface area (Å²) in [6, 6.07) is 0.499. The molecule has 2 unspecified atom stereocenters. The van der Waals surface area contributed by atoms with E-state index in [1.807, 2.05) is 7.05 Å². The molecule has 0 aliphatic carbocycles. The van der Waals surface area contributed by atoms with Crippen LogP contribution in [-0.2, 0) is 4.79 Å². The van der Waals surface area contributed by atoms with Crippen LogP contribution in [0.5, 0.6) is 0 Å². The lowest BCUT2D eigenvalue weighted by molar-refractivity contribution is -0.133. The monoisotopic (exact) mass is 254 g/mol. The maximum absolute atomic E-state index is 12.3. The second kappa shape index (κ2) is 8.52. The normalized spacial score (nSPS) is 21.9. The molecule has 1 saturated heterocycles. The first kappa shape index (κ1) is 15.5. The number of carbonyl (C=O) groups excluding carboxylic acids is 1. The van der Waals surface area contributed by atoms with Crippen LogP contribution >= 0.6 is 0 Å². The molecule has 0 spiro atoms. The van der Waals surface area contributed by atoms with Gasteiger partial charge in [-0.2, -0.15) is 0 Å². The summed E-state index contributed by atoms with van der Waals surface area (Å²) in [6.45, 7) is 6.29. The van der Waals surface area contributed by atoms with Gasteiger partial charge in [0.15, 0.2) is 0 Å². The topological polar surface area (TPSA) is 32.3 Å². The number of amides is 1. The van der Waals surface area contributed by atoms with E-state index in [0.29, 0.717) is 17.9 Å². The first-order valence-corrected chi connectivity index (χ1v) is 7.66. The van der Waals surface area contributed by atoms with Crippen LogP contribution in [0.2, 0.25) is 0 Å². The number of rotatable bonds is 7. The fraction of sp³-hybridized carbons (Fsp3) is 0.933. The third-order valence-electron chi connectivity index (χ3n) is 4.19. The fourth-order valence-corrected chi connectivity index (χ4v) is 2.76. The Morgan fingerprint density at radius 3 is 2.83 bits per heavy atom. The molecule has 1 heterocycles. The number of likely N-dealkylation sites (N-methyl/N-ethyl adjacent to an activating group) is 1. The van der Waals surface area contributed by atoms with Crippen LogP contribution in [0.25, 0.3) is 0 Å². The van der Waals surface area contributed by atoms with Gasteiger partial charge in [-0.3, -0.25) is 4.79 Å². The van der Waals surface area contributed by atoms with Crippen molar-refractivity contribution in [1.29, 1.82) is 0 Å². The van der Waals surface area contributed by atoms with E-state index >= 15 is 0 Å². The number of hydrogen-bond acceptors (Lipinski definition) is 2. The summed E-state index contributed by atoms with van der Waals surface area (Å²) in [4.78, 5) is 14.4. The number of piperidine rings is 1. The number of carbonyl (C=O) groups is 1. The SMILES string of the molecule is CCCCC(CC)CC(=O)N1CCCC(NC)C1. The molecule has 0 saturated carbocycles. The lowest BCUT2D eigenvalue weighted by atomic mass is 9.94. The molecule has 1 N–H and O–H groups in total. The smallest absolute Gasteiger partial charge is 0.222 e. The molecule has 106 valence electrons. The highest BCUT2D eigenvalue weighted by molar-refractivity contribution is 5.76. The summed E-state index contributed by atoms with van der Waals surface area (Å²) in [7, 11) is 1.99. The van der Waals surface area contributed by atoms with Gasteiger partial charge in [0.2, 0.25) is 5.91 Å². The van der Waals surface area contributed by atoms with E-state index in [2.05, 4.69) is 24.1 Å². The minimum atomic E-state index is 0.373. The van der Waals surface area contributed by atoms with Gasteiger partial charge in [0.05, 0.1) is 0 Å². The Morgan fingerprint density at radius 2 is 2.22 bits per heavy atom.